The number of nitrogens with zero attached hydrogens (tertiary/aromatic N) is 2. The van der Waals surface area contributed by atoms with Crippen molar-refractivity contribution in [1.29, 1.82) is 0 Å². The molecule has 2 fully saturated rings. The van der Waals surface area contributed by atoms with Crippen LogP contribution in [-0.2, 0) is 4.79 Å². The topological polar surface area (TPSA) is 61.6 Å². The van der Waals surface area contributed by atoms with E-state index in [0.29, 0.717) is 18.5 Å². The highest BCUT2D eigenvalue weighted by atomic mass is 35.5. The number of halogens is 2. The Morgan fingerprint density at radius 2 is 1.62 bits per heavy atom. The number of nitrogens with one attached hydrogen (secondary N) is 1. The zero-order valence-electron chi connectivity index (χ0n) is 15.3. The van der Waals surface area contributed by atoms with E-state index in [0.717, 1.165) is 58.4 Å². The maximum atomic E-state index is 12.1. The van der Waals surface area contributed by atoms with Crippen molar-refractivity contribution < 1.29 is 4.79 Å². The molecule has 5 nitrogen and oxygen atoms in total. The number of carbonyl (C=O) groups is 1. The van der Waals surface area contributed by atoms with E-state index < -0.39 is 0 Å². The van der Waals surface area contributed by atoms with Gasteiger partial charge in [0, 0.05) is 56.9 Å². The Hall–Kier alpha value is -1.01. The Labute approximate surface area is 169 Å². The Balaban J connectivity index is 0.00000169. The first-order chi connectivity index (χ1) is 11.7. The van der Waals surface area contributed by atoms with E-state index in [1.165, 1.54) is 5.69 Å². The SMILES string of the molecule is Cl.Cl.NC1CCC(NC(=O)CCN2CCN(c3ccccc3)CC2)CC1. The van der Waals surface area contributed by atoms with Crippen LogP contribution in [0.5, 0.6) is 0 Å². The molecule has 1 amide bonds. The Bertz CT molecular complexity index is 516. The van der Waals surface area contributed by atoms with E-state index >= 15 is 0 Å². The number of piperazine rings is 1. The molecule has 0 spiro atoms. The Morgan fingerprint density at radius 3 is 2.23 bits per heavy atom. The van der Waals surface area contributed by atoms with E-state index in [4.69, 9.17) is 5.73 Å². The second-order valence-corrected chi connectivity index (χ2v) is 7.09. The molecule has 1 heterocycles. The number of nitrogens with two attached hydrogens (primary N) is 1. The number of carbonyl (C=O) groups excluding carboxylic acids is 1. The van der Waals surface area contributed by atoms with Gasteiger partial charge < -0.3 is 16.0 Å². The molecule has 1 aliphatic heterocycles. The average Bonchev–Trinajstić information content (AvgIpc) is 2.63. The largest absolute Gasteiger partial charge is 0.369 e. The highest BCUT2D eigenvalue weighted by Crippen LogP contribution is 2.17. The zero-order valence-corrected chi connectivity index (χ0v) is 16.9. The third kappa shape index (κ3) is 6.95. The van der Waals surface area contributed by atoms with Gasteiger partial charge in [0.25, 0.3) is 0 Å². The van der Waals surface area contributed by atoms with Gasteiger partial charge in [0.05, 0.1) is 0 Å². The first-order valence-corrected chi connectivity index (χ1v) is 9.28. The molecule has 2 aliphatic rings. The van der Waals surface area contributed by atoms with Crippen LogP contribution in [0.4, 0.5) is 5.69 Å². The number of benzene rings is 1. The van der Waals surface area contributed by atoms with Crippen molar-refractivity contribution in [2.75, 3.05) is 37.6 Å². The van der Waals surface area contributed by atoms with Gasteiger partial charge in [0.2, 0.25) is 5.91 Å². The van der Waals surface area contributed by atoms with Gasteiger partial charge in [-0.05, 0) is 37.8 Å². The molecule has 1 aromatic carbocycles. The molecule has 1 aliphatic carbocycles. The summed E-state index contributed by atoms with van der Waals surface area (Å²) in [5.41, 5.74) is 7.21. The second kappa shape index (κ2) is 11.7. The summed E-state index contributed by atoms with van der Waals surface area (Å²) in [5, 5.41) is 3.18. The van der Waals surface area contributed by atoms with Crippen LogP contribution in [0.1, 0.15) is 32.1 Å². The van der Waals surface area contributed by atoms with Gasteiger partial charge in [-0.1, -0.05) is 18.2 Å². The molecular weight excluding hydrogens is 371 g/mol. The number of hydrogen-bond acceptors (Lipinski definition) is 4. The van der Waals surface area contributed by atoms with E-state index in [2.05, 4.69) is 45.4 Å². The van der Waals surface area contributed by atoms with E-state index in [-0.39, 0.29) is 30.7 Å². The van der Waals surface area contributed by atoms with Gasteiger partial charge in [-0.25, -0.2) is 0 Å². The number of anilines is 1. The van der Waals surface area contributed by atoms with Crippen molar-refractivity contribution in [3.8, 4) is 0 Å². The summed E-state index contributed by atoms with van der Waals surface area (Å²) >= 11 is 0. The Morgan fingerprint density at radius 1 is 1.00 bits per heavy atom. The lowest BCUT2D eigenvalue weighted by atomic mass is 9.92. The molecule has 0 atom stereocenters. The molecular formula is C19H32Cl2N4O. The van der Waals surface area contributed by atoms with Gasteiger partial charge in [-0.15, -0.1) is 24.8 Å². The molecule has 1 aromatic rings. The number of hydrogen-bond donors (Lipinski definition) is 2. The highest BCUT2D eigenvalue weighted by Gasteiger charge is 2.21. The number of para-hydroxylation sites is 1. The van der Waals surface area contributed by atoms with Crippen LogP contribution >= 0.6 is 24.8 Å². The fraction of sp³-hybridized carbons (Fsp3) is 0.632. The highest BCUT2D eigenvalue weighted by molar-refractivity contribution is 5.85. The summed E-state index contributed by atoms with van der Waals surface area (Å²) in [6, 6.07) is 11.2. The first-order valence-electron chi connectivity index (χ1n) is 9.28. The first kappa shape index (κ1) is 23.0. The van der Waals surface area contributed by atoms with Crippen LogP contribution in [0.3, 0.4) is 0 Å². The summed E-state index contributed by atoms with van der Waals surface area (Å²) in [5.74, 6) is 0.195. The van der Waals surface area contributed by atoms with Crippen molar-refractivity contribution in [3.63, 3.8) is 0 Å². The van der Waals surface area contributed by atoms with E-state index in [9.17, 15) is 4.79 Å². The quantitative estimate of drug-likeness (QED) is 0.793. The van der Waals surface area contributed by atoms with Crippen molar-refractivity contribution >= 4 is 36.4 Å². The Kier molecular flexibility index (Phi) is 10.3. The summed E-state index contributed by atoms with van der Waals surface area (Å²) in [4.78, 5) is 17.0. The van der Waals surface area contributed by atoms with Gasteiger partial charge >= 0.3 is 0 Å². The van der Waals surface area contributed by atoms with Crippen molar-refractivity contribution in [2.45, 2.75) is 44.2 Å². The molecule has 148 valence electrons. The minimum atomic E-state index is 0. The van der Waals surface area contributed by atoms with Gasteiger partial charge in [0.15, 0.2) is 0 Å². The predicted molar refractivity (Wildman–Crippen MR) is 113 cm³/mol. The molecule has 3 N–H and O–H groups in total. The second-order valence-electron chi connectivity index (χ2n) is 7.09. The van der Waals surface area contributed by atoms with Crippen molar-refractivity contribution in [1.82, 2.24) is 10.2 Å². The smallest absolute Gasteiger partial charge is 0.221 e. The van der Waals surface area contributed by atoms with Crippen LogP contribution in [0.2, 0.25) is 0 Å². The van der Waals surface area contributed by atoms with Crippen LogP contribution in [0.25, 0.3) is 0 Å². The van der Waals surface area contributed by atoms with Crippen LogP contribution in [-0.4, -0.2) is 55.6 Å². The monoisotopic (exact) mass is 402 g/mol. The van der Waals surface area contributed by atoms with Gasteiger partial charge in [-0.2, -0.15) is 0 Å². The van der Waals surface area contributed by atoms with E-state index in [1.54, 1.807) is 0 Å². The van der Waals surface area contributed by atoms with E-state index in [1.807, 2.05) is 0 Å². The van der Waals surface area contributed by atoms with Crippen molar-refractivity contribution in [2.24, 2.45) is 5.73 Å². The lowest BCUT2D eigenvalue weighted by Crippen LogP contribution is -2.47. The maximum absolute atomic E-state index is 12.1. The van der Waals surface area contributed by atoms with Gasteiger partial charge in [-0.3, -0.25) is 9.69 Å². The maximum Gasteiger partial charge on any atom is 0.221 e. The molecule has 3 rings (SSSR count). The normalized spacial score (nSPS) is 23.5. The molecule has 1 saturated heterocycles. The standard InChI is InChI=1S/C19H30N4O.2ClH/c20-16-6-8-17(9-7-16)21-19(24)10-11-22-12-14-23(15-13-22)18-4-2-1-3-5-18;;/h1-5,16-17H,6-15,20H2,(H,21,24);2*1H. The van der Waals surface area contributed by atoms with Crippen LogP contribution in [0, 0.1) is 0 Å². The number of rotatable bonds is 5. The molecule has 0 bridgehead atoms. The fourth-order valence-corrected chi connectivity index (χ4v) is 3.69. The molecule has 1 saturated carbocycles. The lowest BCUT2D eigenvalue weighted by Gasteiger charge is -2.36. The molecule has 26 heavy (non-hydrogen) atoms. The predicted octanol–water partition coefficient (Wildman–Crippen LogP) is 2.43. The zero-order chi connectivity index (χ0) is 16.8. The minimum absolute atomic E-state index is 0. The van der Waals surface area contributed by atoms with Crippen LogP contribution < -0.4 is 16.0 Å². The summed E-state index contributed by atoms with van der Waals surface area (Å²) in [7, 11) is 0. The van der Waals surface area contributed by atoms with Gasteiger partial charge in [0.1, 0.15) is 0 Å². The molecule has 7 heteroatoms. The fourth-order valence-electron chi connectivity index (χ4n) is 3.69. The summed E-state index contributed by atoms with van der Waals surface area (Å²) in [6.07, 6.45) is 4.73. The third-order valence-electron chi connectivity index (χ3n) is 5.29. The summed E-state index contributed by atoms with van der Waals surface area (Å²) in [6.45, 7) is 4.99. The van der Waals surface area contributed by atoms with Crippen molar-refractivity contribution in [3.05, 3.63) is 30.3 Å². The van der Waals surface area contributed by atoms with Crippen LogP contribution in [0.15, 0.2) is 30.3 Å². The molecule has 0 unspecified atom stereocenters. The number of amides is 1. The average molecular weight is 403 g/mol. The molecule has 0 radical (unpaired) electrons. The summed E-state index contributed by atoms with van der Waals surface area (Å²) < 4.78 is 0. The molecule has 0 aromatic heterocycles. The lowest BCUT2D eigenvalue weighted by molar-refractivity contribution is -0.122. The third-order valence-corrected chi connectivity index (χ3v) is 5.29. The minimum Gasteiger partial charge on any atom is -0.369 e.